The molecule has 0 unspecified atom stereocenters. The Hall–Kier alpha value is -3.39. The highest BCUT2D eigenvalue weighted by molar-refractivity contribution is 5.91. The summed E-state index contributed by atoms with van der Waals surface area (Å²) in [4.78, 5) is 37.9. The van der Waals surface area contributed by atoms with E-state index in [0.29, 0.717) is 0 Å². The highest BCUT2D eigenvalue weighted by Crippen LogP contribution is 2.20. The maximum absolute atomic E-state index is 12.8. The van der Waals surface area contributed by atoms with Crippen LogP contribution in [-0.2, 0) is 19.0 Å². The lowest BCUT2D eigenvalue weighted by Crippen LogP contribution is -2.54. The number of alkyl carbamates (subject to hydrolysis) is 1. The molecule has 0 aliphatic rings. The van der Waals surface area contributed by atoms with Gasteiger partial charge in [-0.15, -0.1) is 0 Å². The number of hydrogen-bond acceptors (Lipinski definition) is 7. The van der Waals surface area contributed by atoms with Crippen molar-refractivity contribution in [2.45, 2.75) is 64.9 Å². The maximum atomic E-state index is 12.8. The number of esters is 2. The number of aliphatic hydroxyl groups excluding tert-OH is 1. The predicted octanol–water partition coefficient (Wildman–Crippen LogP) is 4.11. The third kappa shape index (κ3) is 8.51. The van der Waals surface area contributed by atoms with Crippen LogP contribution in [0.2, 0.25) is 0 Å². The quantitative estimate of drug-likeness (QED) is 0.462. The van der Waals surface area contributed by atoms with E-state index in [0.717, 1.165) is 11.1 Å². The lowest BCUT2D eigenvalue weighted by molar-refractivity contribution is -0.161. The van der Waals surface area contributed by atoms with Gasteiger partial charge in [-0.3, -0.25) is 0 Å². The van der Waals surface area contributed by atoms with Gasteiger partial charge in [-0.2, -0.15) is 0 Å². The summed E-state index contributed by atoms with van der Waals surface area (Å²) in [5, 5.41) is 12.3. The second kappa shape index (κ2) is 11.2. The van der Waals surface area contributed by atoms with E-state index in [1.54, 1.807) is 65.8 Å². The van der Waals surface area contributed by atoms with Crippen LogP contribution in [0.25, 0.3) is 11.1 Å². The van der Waals surface area contributed by atoms with Crippen LogP contribution < -0.4 is 5.32 Å². The zero-order chi connectivity index (χ0) is 25.5. The molecule has 0 spiro atoms. The topological polar surface area (TPSA) is 111 Å². The minimum Gasteiger partial charge on any atom is -0.458 e. The molecular formula is C26H33NO7. The minimum atomic E-state index is -1.48. The molecule has 184 valence electrons. The normalized spacial score (nSPS) is 13.4. The standard InChI is InChI=1S/C26H33NO7/c1-25(2,3)33-23(30)21(27-24(31)34-26(4,5)6)20(16-28)32-22(29)19-14-12-18(13-15-19)17-10-8-7-9-11-17/h7-15,20-21,28H,16H2,1-6H3,(H,27,31)/t20-,21+/m1/s1. The molecule has 2 aromatic carbocycles. The molecular weight excluding hydrogens is 438 g/mol. The van der Waals surface area contributed by atoms with Crippen LogP contribution in [0.1, 0.15) is 51.9 Å². The Morgan fingerprint density at radius 1 is 0.824 bits per heavy atom. The van der Waals surface area contributed by atoms with Crippen molar-refractivity contribution in [3.63, 3.8) is 0 Å². The molecule has 0 bridgehead atoms. The summed E-state index contributed by atoms with van der Waals surface area (Å²) in [5.41, 5.74) is 0.422. The molecule has 0 saturated heterocycles. The molecule has 0 radical (unpaired) electrons. The van der Waals surface area contributed by atoms with Gasteiger partial charge < -0.3 is 24.6 Å². The van der Waals surface area contributed by atoms with Crippen molar-refractivity contribution in [1.29, 1.82) is 0 Å². The largest absolute Gasteiger partial charge is 0.458 e. The summed E-state index contributed by atoms with van der Waals surface area (Å²) >= 11 is 0. The van der Waals surface area contributed by atoms with E-state index in [1.165, 1.54) is 0 Å². The van der Waals surface area contributed by atoms with Crippen LogP contribution in [0, 0.1) is 0 Å². The molecule has 34 heavy (non-hydrogen) atoms. The van der Waals surface area contributed by atoms with Gasteiger partial charge in [0.1, 0.15) is 11.2 Å². The fourth-order valence-electron chi connectivity index (χ4n) is 2.95. The number of carbonyl (C=O) groups excluding carboxylic acids is 3. The van der Waals surface area contributed by atoms with Gasteiger partial charge in [-0.1, -0.05) is 42.5 Å². The van der Waals surface area contributed by atoms with Crippen molar-refractivity contribution in [2.75, 3.05) is 6.61 Å². The van der Waals surface area contributed by atoms with Crippen LogP contribution in [0.15, 0.2) is 54.6 Å². The van der Waals surface area contributed by atoms with Gasteiger partial charge in [0.15, 0.2) is 12.1 Å². The third-order valence-corrected chi connectivity index (χ3v) is 4.37. The number of rotatable bonds is 7. The van der Waals surface area contributed by atoms with E-state index in [2.05, 4.69) is 5.32 Å². The smallest absolute Gasteiger partial charge is 0.408 e. The Morgan fingerprint density at radius 2 is 1.35 bits per heavy atom. The van der Waals surface area contributed by atoms with Crippen LogP contribution in [0.3, 0.4) is 0 Å². The maximum Gasteiger partial charge on any atom is 0.408 e. The van der Waals surface area contributed by atoms with Gasteiger partial charge in [0.25, 0.3) is 0 Å². The SMILES string of the molecule is CC(C)(C)OC(=O)N[C@H](C(=O)OC(C)(C)C)[C@@H](CO)OC(=O)c1ccc(-c2ccccc2)cc1. The zero-order valence-corrected chi connectivity index (χ0v) is 20.5. The Kier molecular flexibility index (Phi) is 8.81. The lowest BCUT2D eigenvalue weighted by Gasteiger charge is -2.29. The van der Waals surface area contributed by atoms with E-state index < -0.39 is 48.0 Å². The fourth-order valence-corrected chi connectivity index (χ4v) is 2.95. The Labute approximate surface area is 200 Å². The average molecular weight is 472 g/mol. The number of nitrogens with one attached hydrogen (secondary N) is 1. The third-order valence-electron chi connectivity index (χ3n) is 4.37. The molecule has 1 amide bonds. The summed E-state index contributed by atoms with van der Waals surface area (Å²) in [6, 6.07) is 14.9. The molecule has 0 aliphatic heterocycles. The van der Waals surface area contributed by atoms with E-state index in [9.17, 15) is 19.5 Å². The first-order valence-corrected chi connectivity index (χ1v) is 11.0. The van der Waals surface area contributed by atoms with Crippen LogP contribution in [-0.4, -0.2) is 53.1 Å². The van der Waals surface area contributed by atoms with Crippen molar-refractivity contribution < 1.29 is 33.7 Å². The highest BCUT2D eigenvalue weighted by Gasteiger charge is 2.37. The lowest BCUT2D eigenvalue weighted by atomic mass is 10.0. The van der Waals surface area contributed by atoms with Crippen molar-refractivity contribution in [2.24, 2.45) is 0 Å². The number of ether oxygens (including phenoxy) is 3. The molecule has 0 saturated carbocycles. The second-order valence-electron chi connectivity index (χ2n) is 9.73. The number of aliphatic hydroxyl groups is 1. The van der Waals surface area contributed by atoms with Gasteiger partial charge >= 0.3 is 18.0 Å². The first-order chi connectivity index (χ1) is 15.8. The van der Waals surface area contributed by atoms with E-state index in [-0.39, 0.29) is 5.56 Å². The molecule has 2 atom stereocenters. The molecule has 2 N–H and O–H groups in total. The number of amides is 1. The summed E-state index contributed by atoms with van der Waals surface area (Å²) in [5.74, 6) is -1.64. The van der Waals surface area contributed by atoms with E-state index in [1.807, 2.05) is 30.3 Å². The van der Waals surface area contributed by atoms with Gasteiger partial charge in [0.2, 0.25) is 0 Å². The monoisotopic (exact) mass is 471 g/mol. The molecule has 0 heterocycles. The number of carbonyl (C=O) groups is 3. The first-order valence-electron chi connectivity index (χ1n) is 11.0. The van der Waals surface area contributed by atoms with Gasteiger partial charge in [-0.25, -0.2) is 14.4 Å². The summed E-state index contributed by atoms with van der Waals surface area (Å²) in [6.07, 6.45) is -2.31. The molecule has 0 aromatic heterocycles. The Balaban J connectivity index is 2.20. The van der Waals surface area contributed by atoms with Crippen LogP contribution in [0.4, 0.5) is 4.79 Å². The van der Waals surface area contributed by atoms with Gasteiger partial charge in [0, 0.05) is 0 Å². The Morgan fingerprint density at radius 3 is 1.85 bits per heavy atom. The average Bonchev–Trinajstić information content (AvgIpc) is 2.74. The zero-order valence-electron chi connectivity index (χ0n) is 20.5. The van der Waals surface area contributed by atoms with Crippen LogP contribution in [0.5, 0.6) is 0 Å². The molecule has 0 aliphatic carbocycles. The summed E-state index contributed by atoms with van der Waals surface area (Å²) in [7, 11) is 0. The fraction of sp³-hybridized carbons (Fsp3) is 0.423. The molecule has 2 aromatic rings. The summed E-state index contributed by atoms with van der Waals surface area (Å²) in [6.45, 7) is 9.23. The second-order valence-corrected chi connectivity index (χ2v) is 9.73. The molecule has 0 fully saturated rings. The van der Waals surface area contributed by atoms with Crippen LogP contribution >= 0.6 is 0 Å². The first kappa shape index (κ1) is 26.9. The Bertz CT molecular complexity index is 973. The van der Waals surface area contributed by atoms with Crippen molar-refractivity contribution in [3.05, 3.63) is 60.2 Å². The number of hydrogen-bond donors (Lipinski definition) is 2. The van der Waals surface area contributed by atoms with Crippen molar-refractivity contribution in [3.8, 4) is 11.1 Å². The molecule has 8 nitrogen and oxygen atoms in total. The van der Waals surface area contributed by atoms with Crippen molar-refractivity contribution in [1.82, 2.24) is 5.32 Å². The van der Waals surface area contributed by atoms with E-state index >= 15 is 0 Å². The van der Waals surface area contributed by atoms with E-state index in [4.69, 9.17) is 14.2 Å². The number of benzene rings is 2. The summed E-state index contributed by atoms with van der Waals surface area (Å²) < 4.78 is 16.0. The minimum absolute atomic E-state index is 0.221. The molecule has 8 heteroatoms. The predicted molar refractivity (Wildman–Crippen MR) is 127 cm³/mol. The van der Waals surface area contributed by atoms with Gasteiger partial charge in [-0.05, 0) is 64.8 Å². The molecule has 2 rings (SSSR count). The highest BCUT2D eigenvalue weighted by atomic mass is 16.6. The van der Waals surface area contributed by atoms with Crippen molar-refractivity contribution >= 4 is 18.0 Å². The van der Waals surface area contributed by atoms with Gasteiger partial charge in [0.05, 0.1) is 12.2 Å².